The molecule has 2 fully saturated rings. The maximum absolute atomic E-state index is 14.8. The first-order valence-electron chi connectivity index (χ1n) is 12.9. The van der Waals surface area contributed by atoms with E-state index in [1.807, 2.05) is 0 Å². The third-order valence-corrected chi connectivity index (χ3v) is 7.58. The minimum Gasteiger partial charge on any atom is -0.358 e. The van der Waals surface area contributed by atoms with Crippen molar-refractivity contribution in [3.63, 3.8) is 0 Å². The Kier molecular flexibility index (Phi) is 6.61. The van der Waals surface area contributed by atoms with E-state index >= 15 is 0 Å². The highest BCUT2D eigenvalue weighted by Crippen LogP contribution is 2.59. The van der Waals surface area contributed by atoms with Crippen LogP contribution in [0.5, 0.6) is 0 Å². The first kappa shape index (κ1) is 26.1. The number of hydrogen-bond donors (Lipinski definition) is 2. The summed E-state index contributed by atoms with van der Waals surface area (Å²) < 4.78 is 59.5. The van der Waals surface area contributed by atoms with Crippen LogP contribution in [0.1, 0.15) is 47.0 Å². The van der Waals surface area contributed by atoms with Crippen LogP contribution in [0.15, 0.2) is 65.4 Å². The van der Waals surface area contributed by atoms with Crippen LogP contribution in [0, 0.1) is 5.82 Å². The molecule has 206 valence electrons. The van der Waals surface area contributed by atoms with E-state index < -0.39 is 23.3 Å². The number of carbonyl (C=O) groups is 1. The van der Waals surface area contributed by atoms with E-state index in [2.05, 4.69) is 50.0 Å². The molecule has 1 aliphatic carbocycles. The quantitative estimate of drug-likeness (QED) is 0.288. The van der Waals surface area contributed by atoms with Crippen molar-refractivity contribution in [2.24, 2.45) is 0 Å². The minimum absolute atomic E-state index is 0.0865. The SMILES string of the molecule is O=C(Cc1ccc(-c2cnc(Cc3ccc(C4CNC4)cc3)nc2)cc1F)Nc1cc(C2(C(F)(F)F)CC2)on1. The summed E-state index contributed by atoms with van der Waals surface area (Å²) in [7, 11) is 0. The van der Waals surface area contributed by atoms with Crippen molar-refractivity contribution < 1.29 is 26.9 Å². The number of benzene rings is 2. The molecule has 1 saturated carbocycles. The second-order valence-corrected chi connectivity index (χ2v) is 10.3. The largest absolute Gasteiger partial charge is 0.401 e. The highest BCUT2D eigenvalue weighted by Gasteiger charge is 2.66. The zero-order valence-electron chi connectivity index (χ0n) is 21.3. The van der Waals surface area contributed by atoms with Gasteiger partial charge in [-0.25, -0.2) is 14.4 Å². The van der Waals surface area contributed by atoms with Crippen LogP contribution in [0.4, 0.5) is 23.4 Å². The van der Waals surface area contributed by atoms with Crippen molar-refractivity contribution in [1.82, 2.24) is 20.4 Å². The first-order valence-corrected chi connectivity index (χ1v) is 12.9. The maximum atomic E-state index is 14.8. The molecule has 1 amide bonds. The third kappa shape index (κ3) is 5.21. The molecule has 4 aromatic rings. The van der Waals surface area contributed by atoms with Crippen LogP contribution in [-0.2, 0) is 23.1 Å². The van der Waals surface area contributed by atoms with Gasteiger partial charge in [0.05, 0.1) is 6.42 Å². The van der Waals surface area contributed by atoms with E-state index in [0.717, 1.165) is 24.7 Å². The van der Waals surface area contributed by atoms with Crippen LogP contribution in [-0.4, -0.2) is 40.3 Å². The fourth-order valence-electron chi connectivity index (χ4n) is 4.79. The van der Waals surface area contributed by atoms with Crippen molar-refractivity contribution >= 4 is 11.7 Å². The van der Waals surface area contributed by atoms with Crippen LogP contribution >= 0.6 is 0 Å². The molecule has 7 nitrogen and oxygen atoms in total. The van der Waals surface area contributed by atoms with Gasteiger partial charge in [-0.2, -0.15) is 13.2 Å². The van der Waals surface area contributed by atoms with E-state index in [1.54, 1.807) is 18.5 Å². The second-order valence-electron chi connectivity index (χ2n) is 10.3. The molecule has 3 heterocycles. The number of nitrogens with one attached hydrogen (secondary N) is 2. The van der Waals surface area contributed by atoms with Crippen LogP contribution in [0.25, 0.3) is 11.1 Å². The van der Waals surface area contributed by atoms with E-state index in [4.69, 9.17) is 4.52 Å². The number of carbonyl (C=O) groups excluding carboxylic acids is 1. The minimum atomic E-state index is -4.45. The summed E-state index contributed by atoms with van der Waals surface area (Å²) in [5, 5.41) is 9.17. The topological polar surface area (TPSA) is 92.9 Å². The third-order valence-electron chi connectivity index (χ3n) is 7.58. The summed E-state index contributed by atoms with van der Waals surface area (Å²) in [6.45, 7) is 2.02. The van der Waals surface area contributed by atoms with Gasteiger partial charge >= 0.3 is 6.18 Å². The lowest BCUT2D eigenvalue weighted by atomic mass is 9.93. The number of aromatic nitrogens is 3. The highest BCUT2D eigenvalue weighted by molar-refractivity contribution is 5.91. The van der Waals surface area contributed by atoms with E-state index in [0.29, 0.717) is 29.3 Å². The number of amides is 1. The van der Waals surface area contributed by atoms with Gasteiger partial charge in [0, 0.05) is 49.5 Å². The molecule has 2 N–H and O–H groups in total. The van der Waals surface area contributed by atoms with E-state index in [1.165, 1.54) is 17.7 Å². The van der Waals surface area contributed by atoms with Gasteiger partial charge in [0.2, 0.25) is 5.91 Å². The number of nitrogens with zero attached hydrogens (tertiary/aromatic N) is 3. The van der Waals surface area contributed by atoms with Gasteiger partial charge in [0.15, 0.2) is 11.6 Å². The molecular formula is C29H25F4N5O2. The van der Waals surface area contributed by atoms with Gasteiger partial charge in [-0.15, -0.1) is 0 Å². The van der Waals surface area contributed by atoms with E-state index in [-0.39, 0.29) is 36.4 Å². The molecule has 2 aromatic carbocycles. The maximum Gasteiger partial charge on any atom is 0.401 e. The number of hydrogen-bond acceptors (Lipinski definition) is 6. The standard InChI is InChI=1S/C29H25F4N5O2/c30-23-10-19(22-15-35-25(36-16-22)9-17-1-3-18(4-2-17)21-13-34-14-21)5-6-20(23)11-27(39)37-26-12-24(40-38-26)28(7-8-28)29(31,32)33/h1-6,10,12,15-16,21,34H,7-9,11,13-14H2,(H,37,38,39). The lowest BCUT2D eigenvalue weighted by molar-refractivity contribution is -0.165. The summed E-state index contributed by atoms with van der Waals surface area (Å²) in [6.07, 6.45) is -1.11. The van der Waals surface area contributed by atoms with Crippen molar-refractivity contribution in [3.8, 4) is 11.1 Å². The van der Waals surface area contributed by atoms with Gasteiger partial charge in [-0.1, -0.05) is 41.6 Å². The summed E-state index contributed by atoms with van der Waals surface area (Å²) in [5.74, 6) is -0.486. The molecule has 2 aromatic heterocycles. The summed E-state index contributed by atoms with van der Waals surface area (Å²) in [6, 6.07) is 14.0. The number of alkyl halides is 3. The Balaban J connectivity index is 1.06. The molecule has 40 heavy (non-hydrogen) atoms. The second kappa shape index (κ2) is 10.1. The number of anilines is 1. The fourth-order valence-corrected chi connectivity index (χ4v) is 4.79. The average molecular weight is 552 g/mol. The van der Waals surface area contributed by atoms with Crippen LogP contribution in [0.3, 0.4) is 0 Å². The molecule has 0 unspecified atom stereocenters. The molecule has 6 rings (SSSR count). The van der Waals surface area contributed by atoms with Crippen LogP contribution < -0.4 is 10.6 Å². The van der Waals surface area contributed by atoms with Gasteiger partial charge in [0.1, 0.15) is 17.1 Å². The molecule has 0 spiro atoms. The Morgan fingerprint density at radius 2 is 1.75 bits per heavy atom. The Morgan fingerprint density at radius 1 is 1.02 bits per heavy atom. The van der Waals surface area contributed by atoms with Crippen LogP contribution in [0.2, 0.25) is 0 Å². The Morgan fingerprint density at radius 3 is 2.35 bits per heavy atom. The van der Waals surface area contributed by atoms with Gasteiger partial charge in [-0.3, -0.25) is 4.79 Å². The van der Waals surface area contributed by atoms with Crippen molar-refractivity contribution in [3.05, 3.63) is 95.0 Å². The molecule has 2 aliphatic rings. The van der Waals surface area contributed by atoms with Crippen molar-refractivity contribution in [2.45, 2.75) is 43.2 Å². The lowest BCUT2D eigenvalue weighted by Crippen LogP contribution is -2.39. The van der Waals surface area contributed by atoms with Crippen molar-refractivity contribution in [1.29, 1.82) is 0 Å². The number of rotatable bonds is 8. The zero-order chi connectivity index (χ0) is 27.9. The predicted molar refractivity (Wildman–Crippen MR) is 138 cm³/mol. The number of halogens is 4. The Hall–Kier alpha value is -4.12. The molecular weight excluding hydrogens is 526 g/mol. The van der Waals surface area contributed by atoms with E-state index in [9.17, 15) is 22.4 Å². The van der Waals surface area contributed by atoms with Gasteiger partial charge in [-0.05, 0) is 41.2 Å². The predicted octanol–water partition coefficient (Wildman–Crippen LogP) is 5.32. The zero-order valence-corrected chi connectivity index (χ0v) is 21.3. The smallest absolute Gasteiger partial charge is 0.358 e. The molecule has 11 heteroatoms. The highest BCUT2D eigenvalue weighted by atomic mass is 19.4. The first-order chi connectivity index (χ1) is 19.2. The lowest BCUT2D eigenvalue weighted by Gasteiger charge is -2.27. The summed E-state index contributed by atoms with van der Waals surface area (Å²) in [5.41, 5.74) is 1.69. The molecule has 0 radical (unpaired) electrons. The Labute approximate surface area is 227 Å². The Bertz CT molecular complexity index is 1530. The monoisotopic (exact) mass is 551 g/mol. The molecule has 0 bridgehead atoms. The normalized spacial score (nSPS) is 16.4. The summed E-state index contributed by atoms with van der Waals surface area (Å²) in [4.78, 5) is 21.3. The molecule has 0 atom stereocenters. The van der Waals surface area contributed by atoms with Gasteiger partial charge < -0.3 is 15.2 Å². The summed E-state index contributed by atoms with van der Waals surface area (Å²) >= 11 is 0. The molecule has 1 aliphatic heterocycles. The average Bonchev–Trinajstić information content (AvgIpc) is 3.60. The van der Waals surface area contributed by atoms with Crippen molar-refractivity contribution in [2.75, 3.05) is 18.4 Å². The molecule has 1 saturated heterocycles. The van der Waals surface area contributed by atoms with Gasteiger partial charge in [0.25, 0.3) is 0 Å². The fraction of sp³-hybridized carbons (Fsp3) is 0.310.